The Morgan fingerprint density at radius 2 is 1.85 bits per heavy atom. The van der Waals surface area contributed by atoms with E-state index in [1.807, 2.05) is 19.1 Å². The predicted octanol–water partition coefficient (Wildman–Crippen LogP) is 2.96. The molecule has 1 heterocycles. The molecular weight excluding hydrogens is 267 g/mol. The van der Waals surface area contributed by atoms with E-state index >= 15 is 0 Å². The summed E-state index contributed by atoms with van der Waals surface area (Å²) in [5, 5.41) is 0. The topological polar surface area (TPSA) is 50.9 Å². The Hall–Kier alpha value is -1.92. The maximum atomic E-state index is 13.1. The summed E-state index contributed by atoms with van der Waals surface area (Å²) in [5.41, 5.74) is 3.26. The van der Waals surface area contributed by atoms with Crippen molar-refractivity contribution < 1.29 is 13.2 Å². The Morgan fingerprint density at radius 3 is 2.45 bits per heavy atom. The third kappa shape index (κ3) is 2.81. The number of rotatable bonds is 3. The highest BCUT2D eigenvalue weighted by Gasteiger charge is 2.35. The van der Waals surface area contributed by atoms with E-state index in [9.17, 15) is 13.2 Å². The van der Waals surface area contributed by atoms with Crippen molar-refractivity contribution in [2.45, 2.75) is 19.1 Å². The molecule has 1 aromatic heterocycles. The molecule has 0 aliphatic heterocycles. The largest absolute Gasteiger partial charge is 0.416 e. The molecule has 3 N–H and O–H groups in total. The Bertz CT molecular complexity index is 596. The zero-order valence-electron chi connectivity index (χ0n) is 10.8. The quantitative estimate of drug-likeness (QED) is 0.671. The SMILES string of the molecule is Cc1ccccc1C(NN)c1cnccc1C(F)(F)F. The van der Waals surface area contributed by atoms with Crippen molar-refractivity contribution in [3.63, 3.8) is 0 Å². The fourth-order valence-corrected chi connectivity index (χ4v) is 2.15. The van der Waals surface area contributed by atoms with Gasteiger partial charge < -0.3 is 0 Å². The average molecular weight is 281 g/mol. The summed E-state index contributed by atoms with van der Waals surface area (Å²) in [6.07, 6.45) is -2.13. The zero-order chi connectivity index (χ0) is 14.8. The van der Waals surface area contributed by atoms with Crippen molar-refractivity contribution in [2.24, 2.45) is 5.84 Å². The maximum Gasteiger partial charge on any atom is 0.416 e. The van der Waals surface area contributed by atoms with Crippen molar-refractivity contribution in [1.82, 2.24) is 10.4 Å². The minimum Gasteiger partial charge on any atom is -0.271 e. The third-order valence-corrected chi connectivity index (χ3v) is 3.13. The predicted molar refractivity (Wildman–Crippen MR) is 69.6 cm³/mol. The molecule has 0 fully saturated rings. The van der Waals surface area contributed by atoms with E-state index < -0.39 is 17.8 Å². The third-order valence-electron chi connectivity index (χ3n) is 3.13. The van der Waals surface area contributed by atoms with Gasteiger partial charge in [-0.05, 0) is 24.1 Å². The van der Waals surface area contributed by atoms with Crippen LogP contribution < -0.4 is 11.3 Å². The van der Waals surface area contributed by atoms with Gasteiger partial charge in [-0.25, -0.2) is 5.43 Å². The number of pyridine rings is 1. The van der Waals surface area contributed by atoms with E-state index in [0.717, 1.165) is 17.8 Å². The number of hydrogen-bond donors (Lipinski definition) is 2. The summed E-state index contributed by atoms with van der Waals surface area (Å²) in [7, 11) is 0. The second-order valence-corrected chi connectivity index (χ2v) is 4.42. The molecule has 3 nitrogen and oxygen atoms in total. The Labute approximate surface area is 114 Å². The first-order chi connectivity index (χ1) is 9.45. The standard InChI is InChI=1S/C14H14F3N3/c1-9-4-2-3-5-10(9)13(20-18)11-8-19-7-6-12(11)14(15,16)17/h2-8,13,20H,18H2,1H3. The number of nitrogens with zero attached hydrogens (tertiary/aromatic N) is 1. The lowest BCUT2D eigenvalue weighted by atomic mass is 9.93. The number of aromatic nitrogens is 1. The molecule has 1 atom stereocenters. The van der Waals surface area contributed by atoms with E-state index in [1.54, 1.807) is 12.1 Å². The van der Waals surface area contributed by atoms with Crippen LogP contribution in [0.5, 0.6) is 0 Å². The second-order valence-electron chi connectivity index (χ2n) is 4.42. The molecule has 0 saturated heterocycles. The number of nitrogens with two attached hydrogens (primary N) is 1. The summed E-state index contributed by atoms with van der Waals surface area (Å²) < 4.78 is 39.2. The van der Waals surface area contributed by atoms with Crippen molar-refractivity contribution in [3.8, 4) is 0 Å². The molecule has 0 aliphatic rings. The average Bonchev–Trinajstić information content (AvgIpc) is 2.41. The molecule has 0 saturated carbocycles. The van der Waals surface area contributed by atoms with Crippen LogP contribution in [0.1, 0.15) is 28.3 Å². The lowest BCUT2D eigenvalue weighted by Gasteiger charge is -2.22. The molecule has 0 aliphatic carbocycles. The molecule has 1 unspecified atom stereocenters. The molecule has 2 rings (SSSR count). The summed E-state index contributed by atoms with van der Waals surface area (Å²) in [5.74, 6) is 5.47. The van der Waals surface area contributed by atoms with Crippen LogP contribution in [0.25, 0.3) is 0 Å². The molecule has 6 heteroatoms. The van der Waals surface area contributed by atoms with Gasteiger partial charge in [-0.15, -0.1) is 0 Å². The highest BCUT2D eigenvalue weighted by Crippen LogP contribution is 2.36. The van der Waals surface area contributed by atoms with Gasteiger partial charge in [0.25, 0.3) is 0 Å². The van der Waals surface area contributed by atoms with E-state index in [2.05, 4.69) is 10.4 Å². The Morgan fingerprint density at radius 1 is 1.15 bits per heavy atom. The molecule has 106 valence electrons. The van der Waals surface area contributed by atoms with Crippen molar-refractivity contribution in [2.75, 3.05) is 0 Å². The minimum absolute atomic E-state index is 0.0109. The lowest BCUT2D eigenvalue weighted by molar-refractivity contribution is -0.138. The zero-order valence-corrected chi connectivity index (χ0v) is 10.8. The molecular formula is C14H14F3N3. The maximum absolute atomic E-state index is 13.1. The molecule has 0 radical (unpaired) electrons. The van der Waals surface area contributed by atoms with Crippen molar-refractivity contribution >= 4 is 0 Å². The summed E-state index contributed by atoms with van der Waals surface area (Å²) >= 11 is 0. The monoisotopic (exact) mass is 281 g/mol. The van der Waals surface area contributed by atoms with Crippen LogP contribution in [0.2, 0.25) is 0 Å². The van der Waals surface area contributed by atoms with E-state index in [0.29, 0.717) is 5.56 Å². The molecule has 0 spiro atoms. The molecule has 20 heavy (non-hydrogen) atoms. The van der Waals surface area contributed by atoms with Gasteiger partial charge in [0, 0.05) is 18.0 Å². The van der Waals surface area contributed by atoms with Crippen molar-refractivity contribution in [1.29, 1.82) is 0 Å². The number of hydrazine groups is 1. The van der Waals surface area contributed by atoms with Gasteiger partial charge in [-0.2, -0.15) is 13.2 Å². The molecule has 2 aromatic rings. The normalized spacial score (nSPS) is 13.2. The van der Waals surface area contributed by atoms with Crippen molar-refractivity contribution in [3.05, 3.63) is 65.0 Å². The molecule has 1 aromatic carbocycles. The van der Waals surface area contributed by atoms with E-state index in [-0.39, 0.29) is 5.56 Å². The van der Waals surface area contributed by atoms with Gasteiger partial charge in [-0.1, -0.05) is 24.3 Å². The Kier molecular flexibility index (Phi) is 4.06. The fourth-order valence-electron chi connectivity index (χ4n) is 2.15. The molecule has 0 bridgehead atoms. The number of aryl methyl sites for hydroxylation is 1. The van der Waals surface area contributed by atoms with Crippen LogP contribution in [0, 0.1) is 6.92 Å². The van der Waals surface area contributed by atoms with Crippen LogP contribution in [-0.2, 0) is 6.18 Å². The first-order valence-corrected chi connectivity index (χ1v) is 5.98. The lowest BCUT2D eigenvalue weighted by Crippen LogP contribution is -2.31. The smallest absolute Gasteiger partial charge is 0.271 e. The Balaban J connectivity index is 2.57. The highest BCUT2D eigenvalue weighted by molar-refractivity contribution is 5.40. The van der Waals surface area contributed by atoms with Crippen LogP contribution in [0.3, 0.4) is 0 Å². The van der Waals surface area contributed by atoms with E-state index in [4.69, 9.17) is 5.84 Å². The van der Waals surface area contributed by atoms with E-state index in [1.165, 1.54) is 6.20 Å². The van der Waals surface area contributed by atoms with Gasteiger partial charge in [0.1, 0.15) is 0 Å². The number of halogens is 3. The second kappa shape index (κ2) is 5.60. The number of benzene rings is 1. The summed E-state index contributed by atoms with van der Waals surface area (Å²) in [6.45, 7) is 1.82. The van der Waals surface area contributed by atoms with Crippen LogP contribution in [0.15, 0.2) is 42.7 Å². The summed E-state index contributed by atoms with van der Waals surface area (Å²) in [6, 6.07) is 7.34. The first kappa shape index (κ1) is 14.5. The van der Waals surface area contributed by atoms with Gasteiger partial charge in [0.2, 0.25) is 0 Å². The molecule has 0 amide bonds. The van der Waals surface area contributed by atoms with Gasteiger partial charge in [-0.3, -0.25) is 10.8 Å². The van der Waals surface area contributed by atoms with Gasteiger partial charge >= 0.3 is 6.18 Å². The summed E-state index contributed by atoms with van der Waals surface area (Å²) in [4.78, 5) is 3.79. The number of nitrogens with one attached hydrogen (secondary N) is 1. The van der Waals surface area contributed by atoms with Gasteiger partial charge in [0.15, 0.2) is 0 Å². The highest BCUT2D eigenvalue weighted by atomic mass is 19.4. The number of alkyl halides is 3. The van der Waals surface area contributed by atoms with Crippen LogP contribution in [-0.4, -0.2) is 4.98 Å². The van der Waals surface area contributed by atoms with Gasteiger partial charge in [0.05, 0.1) is 11.6 Å². The van der Waals surface area contributed by atoms with Crippen LogP contribution in [0.4, 0.5) is 13.2 Å². The van der Waals surface area contributed by atoms with Crippen LogP contribution >= 0.6 is 0 Å². The number of hydrogen-bond acceptors (Lipinski definition) is 3. The minimum atomic E-state index is -4.45. The fraction of sp³-hybridized carbons (Fsp3) is 0.214. The first-order valence-electron chi connectivity index (χ1n) is 5.98.